The zero-order chi connectivity index (χ0) is 13.7. The highest BCUT2D eigenvalue weighted by Gasteiger charge is 2.25. The monoisotopic (exact) mass is 268 g/mol. The van der Waals surface area contributed by atoms with Crippen molar-refractivity contribution >= 4 is 0 Å². The van der Waals surface area contributed by atoms with Crippen molar-refractivity contribution in [2.24, 2.45) is 0 Å². The summed E-state index contributed by atoms with van der Waals surface area (Å²) in [5, 5.41) is 3.66. The van der Waals surface area contributed by atoms with E-state index in [9.17, 15) is 0 Å². The summed E-state index contributed by atoms with van der Waals surface area (Å²) >= 11 is 0. The van der Waals surface area contributed by atoms with Crippen LogP contribution >= 0.6 is 0 Å². The molecule has 2 atom stereocenters. The van der Waals surface area contributed by atoms with E-state index in [-0.39, 0.29) is 5.54 Å². The number of nitrogens with zero attached hydrogens (tertiary/aromatic N) is 1. The van der Waals surface area contributed by atoms with Gasteiger partial charge in [0.1, 0.15) is 0 Å². The number of hydrogen-bond donors (Lipinski definition) is 1. The van der Waals surface area contributed by atoms with Gasteiger partial charge in [-0.1, -0.05) is 0 Å². The first kappa shape index (κ1) is 15.3. The van der Waals surface area contributed by atoms with Crippen molar-refractivity contribution in [3.63, 3.8) is 0 Å². The normalized spacial score (nSPS) is 29.2. The zero-order valence-corrected chi connectivity index (χ0v) is 13.1. The first-order valence-electron chi connectivity index (χ1n) is 8.15. The molecule has 0 bridgehead atoms. The second kappa shape index (κ2) is 7.05. The van der Waals surface area contributed by atoms with Crippen molar-refractivity contribution in [1.29, 1.82) is 0 Å². The molecule has 0 aliphatic carbocycles. The lowest BCUT2D eigenvalue weighted by Crippen LogP contribution is -2.45. The topological polar surface area (TPSA) is 24.5 Å². The lowest BCUT2D eigenvalue weighted by atomic mass is 10.1. The molecule has 0 aromatic heterocycles. The van der Waals surface area contributed by atoms with Crippen LogP contribution in [0.4, 0.5) is 0 Å². The summed E-state index contributed by atoms with van der Waals surface area (Å²) in [5.41, 5.74) is 0.242. The van der Waals surface area contributed by atoms with Crippen LogP contribution in [0, 0.1) is 0 Å². The van der Waals surface area contributed by atoms with E-state index in [1.807, 2.05) is 0 Å². The lowest BCUT2D eigenvalue weighted by molar-refractivity contribution is 0.0978. The second-order valence-electron chi connectivity index (χ2n) is 7.24. The van der Waals surface area contributed by atoms with Crippen LogP contribution in [-0.4, -0.2) is 48.8 Å². The molecule has 0 saturated carbocycles. The lowest BCUT2D eigenvalue weighted by Gasteiger charge is -2.29. The maximum absolute atomic E-state index is 5.71. The number of nitrogens with one attached hydrogen (secondary N) is 1. The van der Waals surface area contributed by atoms with Crippen LogP contribution < -0.4 is 5.32 Å². The van der Waals surface area contributed by atoms with E-state index in [2.05, 4.69) is 31.0 Å². The summed E-state index contributed by atoms with van der Waals surface area (Å²) in [5.74, 6) is 0. The van der Waals surface area contributed by atoms with E-state index >= 15 is 0 Å². The fraction of sp³-hybridized carbons (Fsp3) is 1.00. The minimum absolute atomic E-state index is 0.242. The number of rotatable bonds is 6. The van der Waals surface area contributed by atoms with Crippen molar-refractivity contribution in [3.8, 4) is 0 Å². The van der Waals surface area contributed by atoms with Crippen LogP contribution in [0.15, 0.2) is 0 Å². The number of hydrogen-bond acceptors (Lipinski definition) is 3. The molecular weight excluding hydrogens is 236 g/mol. The van der Waals surface area contributed by atoms with Crippen LogP contribution in [0.5, 0.6) is 0 Å². The van der Waals surface area contributed by atoms with E-state index in [1.54, 1.807) is 0 Å². The molecule has 2 aliphatic rings. The van der Waals surface area contributed by atoms with E-state index in [1.165, 1.54) is 51.6 Å². The Morgan fingerprint density at radius 2 is 2.05 bits per heavy atom. The molecule has 0 aromatic carbocycles. The van der Waals surface area contributed by atoms with E-state index < -0.39 is 0 Å². The Morgan fingerprint density at radius 3 is 2.74 bits per heavy atom. The summed E-state index contributed by atoms with van der Waals surface area (Å²) in [6.45, 7) is 11.4. The highest BCUT2D eigenvalue weighted by Crippen LogP contribution is 2.21. The standard InChI is InChI=1S/C16H32N2O/c1-16(2,3)17-13-14-7-4-10-18(14)11-5-8-15-9-6-12-19-15/h14-15,17H,4-13H2,1-3H3. The molecule has 2 fully saturated rings. The van der Waals surface area contributed by atoms with Gasteiger partial charge < -0.3 is 10.1 Å². The molecule has 0 amide bonds. The van der Waals surface area contributed by atoms with Gasteiger partial charge in [0.15, 0.2) is 0 Å². The van der Waals surface area contributed by atoms with Crippen LogP contribution in [0.3, 0.4) is 0 Å². The largest absolute Gasteiger partial charge is 0.378 e. The van der Waals surface area contributed by atoms with Gasteiger partial charge in [0.05, 0.1) is 6.10 Å². The average Bonchev–Trinajstić information content (AvgIpc) is 2.96. The molecule has 2 unspecified atom stereocenters. The number of ether oxygens (including phenoxy) is 1. The van der Waals surface area contributed by atoms with Gasteiger partial charge in [-0.25, -0.2) is 0 Å². The van der Waals surface area contributed by atoms with Gasteiger partial charge >= 0.3 is 0 Å². The maximum Gasteiger partial charge on any atom is 0.0576 e. The van der Waals surface area contributed by atoms with Gasteiger partial charge in [0, 0.05) is 24.7 Å². The summed E-state index contributed by atoms with van der Waals surface area (Å²) in [7, 11) is 0. The maximum atomic E-state index is 5.71. The molecule has 2 rings (SSSR count). The highest BCUT2D eigenvalue weighted by molar-refractivity contribution is 4.84. The highest BCUT2D eigenvalue weighted by atomic mass is 16.5. The average molecular weight is 268 g/mol. The zero-order valence-electron chi connectivity index (χ0n) is 13.1. The summed E-state index contributed by atoms with van der Waals surface area (Å²) in [4.78, 5) is 2.69. The third-order valence-electron chi connectivity index (χ3n) is 4.36. The minimum atomic E-state index is 0.242. The van der Waals surface area contributed by atoms with E-state index in [0.717, 1.165) is 19.2 Å². The SMILES string of the molecule is CC(C)(C)NCC1CCCN1CCCC1CCCO1. The van der Waals surface area contributed by atoms with Gasteiger partial charge in [-0.15, -0.1) is 0 Å². The Hall–Kier alpha value is -0.120. The Balaban J connectivity index is 1.63. The smallest absolute Gasteiger partial charge is 0.0576 e. The Labute approximate surface area is 119 Å². The van der Waals surface area contributed by atoms with Gasteiger partial charge in [0.2, 0.25) is 0 Å². The summed E-state index contributed by atoms with van der Waals surface area (Å²) in [6, 6.07) is 0.753. The van der Waals surface area contributed by atoms with Crippen molar-refractivity contribution in [3.05, 3.63) is 0 Å². The molecule has 1 N–H and O–H groups in total. The summed E-state index contributed by atoms with van der Waals surface area (Å²) in [6.07, 6.45) is 8.42. The van der Waals surface area contributed by atoms with Crippen molar-refractivity contribution < 1.29 is 4.74 Å². The predicted molar refractivity (Wildman–Crippen MR) is 80.6 cm³/mol. The van der Waals surface area contributed by atoms with Gasteiger partial charge in [-0.05, 0) is 72.4 Å². The molecule has 3 heteroatoms. The minimum Gasteiger partial charge on any atom is -0.378 e. The van der Waals surface area contributed by atoms with Gasteiger partial charge in [-0.2, -0.15) is 0 Å². The van der Waals surface area contributed by atoms with Gasteiger partial charge in [0.25, 0.3) is 0 Å². The molecule has 2 saturated heterocycles. The molecular formula is C16H32N2O. The molecule has 0 spiro atoms. The molecule has 2 heterocycles. The van der Waals surface area contributed by atoms with Crippen molar-refractivity contribution in [2.45, 2.75) is 77.0 Å². The Morgan fingerprint density at radius 1 is 1.21 bits per heavy atom. The van der Waals surface area contributed by atoms with Crippen LogP contribution in [-0.2, 0) is 4.74 Å². The van der Waals surface area contributed by atoms with E-state index in [4.69, 9.17) is 4.74 Å². The quantitative estimate of drug-likeness (QED) is 0.801. The second-order valence-corrected chi connectivity index (χ2v) is 7.24. The van der Waals surface area contributed by atoms with Crippen LogP contribution in [0.2, 0.25) is 0 Å². The fourth-order valence-electron chi connectivity index (χ4n) is 3.24. The Kier molecular flexibility index (Phi) is 5.67. The van der Waals surface area contributed by atoms with Crippen molar-refractivity contribution in [1.82, 2.24) is 10.2 Å². The molecule has 2 aliphatic heterocycles. The van der Waals surface area contributed by atoms with Crippen LogP contribution in [0.1, 0.15) is 59.3 Å². The predicted octanol–water partition coefficient (Wildman–Crippen LogP) is 2.80. The third kappa shape index (κ3) is 5.41. The number of likely N-dealkylation sites (tertiary alicyclic amines) is 1. The molecule has 19 heavy (non-hydrogen) atoms. The molecule has 3 nitrogen and oxygen atoms in total. The van der Waals surface area contributed by atoms with Gasteiger partial charge in [-0.3, -0.25) is 4.90 Å². The van der Waals surface area contributed by atoms with E-state index in [0.29, 0.717) is 6.10 Å². The van der Waals surface area contributed by atoms with Crippen molar-refractivity contribution in [2.75, 3.05) is 26.2 Å². The molecule has 0 radical (unpaired) electrons. The molecule has 112 valence electrons. The summed E-state index contributed by atoms with van der Waals surface area (Å²) < 4.78 is 5.71. The first-order valence-corrected chi connectivity index (χ1v) is 8.15. The third-order valence-corrected chi connectivity index (χ3v) is 4.36. The first-order chi connectivity index (χ1) is 9.04. The molecule has 0 aromatic rings. The fourth-order valence-corrected chi connectivity index (χ4v) is 3.24. The van der Waals surface area contributed by atoms with Crippen LogP contribution in [0.25, 0.3) is 0 Å². The Bertz CT molecular complexity index is 256.